The third kappa shape index (κ3) is 6.31. The molecular formula is C32H36N4O8. The van der Waals surface area contributed by atoms with Crippen molar-refractivity contribution in [1.82, 2.24) is 9.80 Å². The Morgan fingerprint density at radius 1 is 0.932 bits per heavy atom. The van der Waals surface area contributed by atoms with Crippen LogP contribution in [0, 0.1) is 5.92 Å². The average molecular weight is 605 g/mol. The van der Waals surface area contributed by atoms with Gasteiger partial charge >= 0.3 is 6.03 Å². The van der Waals surface area contributed by atoms with Crippen molar-refractivity contribution in [3.05, 3.63) is 65.7 Å². The van der Waals surface area contributed by atoms with Crippen molar-refractivity contribution in [3.8, 4) is 28.7 Å². The van der Waals surface area contributed by atoms with Gasteiger partial charge in [0, 0.05) is 43.0 Å². The number of carbonyl (C=O) groups is 2. The van der Waals surface area contributed by atoms with Gasteiger partial charge in [0.2, 0.25) is 13.6 Å². The molecule has 0 saturated heterocycles. The molecule has 3 aromatic carbocycles. The number of carbonyl (C=O) groups excluding carboxylic acids is 2. The van der Waals surface area contributed by atoms with Crippen molar-refractivity contribution in [1.29, 1.82) is 0 Å². The van der Waals surface area contributed by atoms with E-state index in [0.717, 1.165) is 17.1 Å². The zero-order chi connectivity index (χ0) is 30.8. The van der Waals surface area contributed by atoms with Crippen molar-refractivity contribution in [3.63, 3.8) is 0 Å². The highest BCUT2D eigenvalue weighted by Gasteiger charge is 2.33. The summed E-state index contributed by atoms with van der Waals surface area (Å²) in [6.45, 7) is 5.68. The third-order valence-electron chi connectivity index (χ3n) is 7.93. The van der Waals surface area contributed by atoms with E-state index in [1.54, 1.807) is 41.3 Å². The van der Waals surface area contributed by atoms with E-state index in [-0.39, 0.29) is 38.1 Å². The molecule has 0 fully saturated rings. The van der Waals surface area contributed by atoms with E-state index in [0.29, 0.717) is 53.8 Å². The average Bonchev–Trinajstić information content (AvgIpc) is 3.68. The summed E-state index contributed by atoms with van der Waals surface area (Å²) in [6.07, 6.45) is -0.262. The summed E-state index contributed by atoms with van der Waals surface area (Å²) in [6, 6.07) is 15.1. The summed E-state index contributed by atoms with van der Waals surface area (Å²) in [5.74, 6) is 2.75. The van der Waals surface area contributed by atoms with Crippen LogP contribution in [-0.4, -0.2) is 79.3 Å². The molecule has 3 amide bonds. The van der Waals surface area contributed by atoms with Crippen LogP contribution in [-0.2, 0) is 6.54 Å². The van der Waals surface area contributed by atoms with Gasteiger partial charge in [0.05, 0.1) is 18.2 Å². The number of fused-ring (bicyclic) bond motifs is 3. The smallest absolute Gasteiger partial charge is 0.323 e. The summed E-state index contributed by atoms with van der Waals surface area (Å²) >= 11 is 0. The highest BCUT2D eigenvalue weighted by atomic mass is 16.7. The molecule has 3 aromatic rings. The summed E-state index contributed by atoms with van der Waals surface area (Å²) in [5.41, 5.74) is 2.33. The minimum absolute atomic E-state index is 0.0365. The number of urea groups is 1. The first-order valence-electron chi connectivity index (χ1n) is 14.5. The van der Waals surface area contributed by atoms with Crippen molar-refractivity contribution in [2.45, 2.75) is 32.5 Å². The standard InChI is InChI=1S/C32H36N4O8/c1-19-13-36(20(2)16-37)31(38)24-11-22(33-32(39)34-23-6-9-27-29(12-23)43-18-41-27)5-8-25(24)44-30(19)15-35(3)14-21-4-7-26-28(10-21)42-17-40-26/h4-12,19-20,30,37H,13-18H2,1-3H3,(H2,33,34,39)/t19-,20+,30+/m0/s1. The third-order valence-corrected chi connectivity index (χ3v) is 7.93. The molecule has 3 heterocycles. The van der Waals surface area contributed by atoms with Gasteiger partial charge in [-0.2, -0.15) is 0 Å². The van der Waals surface area contributed by atoms with E-state index in [4.69, 9.17) is 23.7 Å². The second kappa shape index (κ2) is 12.5. The lowest BCUT2D eigenvalue weighted by molar-refractivity contribution is 0.0341. The van der Waals surface area contributed by atoms with Gasteiger partial charge in [-0.25, -0.2) is 4.79 Å². The highest BCUT2D eigenvalue weighted by Crippen LogP contribution is 2.35. The Bertz CT molecular complexity index is 1550. The van der Waals surface area contributed by atoms with Gasteiger partial charge in [-0.05, 0) is 62.0 Å². The Labute approximate surface area is 255 Å². The van der Waals surface area contributed by atoms with E-state index in [1.165, 1.54) is 0 Å². The van der Waals surface area contributed by atoms with Crippen LogP contribution in [0.1, 0.15) is 29.8 Å². The van der Waals surface area contributed by atoms with E-state index < -0.39 is 12.1 Å². The molecule has 12 nitrogen and oxygen atoms in total. The molecule has 0 aliphatic carbocycles. The molecule has 3 aliphatic heterocycles. The number of hydrogen-bond acceptors (Lipinski definition) is 9. The summed E-state index contributed by atoms with van der Waals surface area (Å²) in [4.78, 5) is 30.5. The molecule has 3 aliphatic rings. The maximum absolute atomic E-state index is 13.8. The predicted octanol–water partition coefficient (Wildman–Crippen LogP) is 4.14. The number of likely N-dealkylation sites (N-methyl/N-ethyl adjacent to an activating group) is 1. The number of amides is 3. The Kier molecular flexibility index (Phi) is 8.36. The lowest BCUT2D eigenvalue weighted by Gasteiger charge is -2.38. The molecule has 6 rings (SSSR count). The summed E-state index contributed by atoms with van der Waals surface area (Å²) in [5, 5.41) is 15.5. The van der Waals surface area contributed by atoms with Crippen LogP contribution >= 0.6 is 0 Å². The van der Waals surface area contributed by atoms with Crippen molar-refractivity contribution in [2.75, 3.05) is 51.0 Å². The van der Waals surface area contributed by atoms with E-state index >= 15 is 0 Å². The Morgan fingerprint density at radius 2 is 1.55 bits per heavy atom. The van der Waals surface area contributed by atoms with Gasteiger partial charge in [0.25, 0.3) is 5.91 Å². The fraction of sp³-hybridized carbons (Fsp3) is 0.375. The number of aliphatic hydroxyl groups is 1. The van der Waals surface area contributed by atoms with Crippen molar-refractivity contribution >= 4 is 23.3 Å². The van der Waals surface area contributed by atoms with Crippen LogP contribution < -0.4 is 34.3 Å². The number of hydrogen-bond donors (Lipinski definition) is 3. The van der Waals surface area contributed by atoms with Crippen LogP contribution in [0.15, 0.2) is 54.6 Å². The Balaban J connectivity index is 1.19. The number of anilines is 2. The molecule has 0 saturated carbocycles. The molecule has 3 atom stereocenters. The SMILES string of the molecule is C[C@H](CO)N1C[C@H](C)[C@@H](CN(C)Cc2ccc3c(c2)OCO3)Oc2ccc(NC(=O)Nc3ccc4c(c3)OCO4)cc2C1=O. The maximum Gasteiger partial charge on any atom is 0.323 e. The van der Waals surface area contributed by atoms with Gasteiger partial charge in [0.15, 0.2) is 23.0 Å². The Morgan fingerprint density at radius 3 is 2.25 bits per heavy atom. The number of rotatable bonds is 8. The van der Waals surface area contributed by atoms with Gasteiger partial charge in [-0.15, -0.1) is 0 Å². The number of benzene rings is 3. The molecule has 0 aromatic heterocycles. The van der Waals surface area contributed by atoms with E-state index in [2.05, 4.69) is 15.5 Å². The molecule has 232 valence electrons. The zero-order valence-electron chi connectivity index (χ0n) is 24.9. The highest BCUT2D eigenvalue weighted by molar-refractivity contribution is 6.02. The number of nitrogens with one attached hydrogen (secondary N) is 2. The van der Waals surface area contributed by atoms with Crippen LogP contribution in [0.4, 0.5) is 16.2 Å². The maximum atomic E-state index is 13.8. The topological polar surface area (TPSA) is 131 Å². The first-order chi connectivity index (χ1) is 21.3. The molecule has 0 bridgehead atoms. The number of nitrogens with zero attached hydrogens (tertiary/aromatic N) is 2. The van der Waals surface area contributed by atoms with Crippen LogP contribution in [0.2, 0.25) is 0 Å². The summed E-state index contributed by atoms with van der Waals surface area (Å²) in [7, 11) is 2.02. The van der Waals surface area contributed by atoms with Gasteiger partial charge < -0.3 is 44.3 Å². The zero-order valence-corrected chi connectivity index (χ0v) is 24.9. The lowest BCUT2D eigenvalue weighted by atomic mass is 9.99. The largest absolute Gasteiger partial charge is 0.488 e. The molecular weight excluding hydrogens is 568 g/mol. The van der Waals surface area contributed by atoms with Gasteiger partial charge in [-0.3, -0.25) is 9.69 Å². The fourth-order valence-corrected chi connectivity index (χ4v) is 5.51. The quantitative estimate of drug-likeness (QED) is 0.347. The van der Waals surface area contributed by atoms with E-state index in [1.807, 2.05) is 39.1 Å². The monoisotopic (exact) mass is 604 g/mol. The number of aliphatic hydroxyl groups excluding tert-OH is 1. The van der Waals surface area contributed by atoms with Gasteiger partial charge in [-0.1, -0.05) is 13.0 Å². The van der Waals surface area contributed by atoms with Crippen LogP contribution in [0.25, 0.3) is 0 Å². The normalized spacial score (nSPS) is 19.1. The molecule has 0 radical (unpaired) electrons. The van der Waals surface area contributed by atoms with Crippen molar-refractivity contribution < 1.29 is 38.4 Å². The Hall–Kier alpha value is -4.68. The minimum Gasteiger partial charge on any atom is -0.488 e. The molecule has 12 heteroatoms. The summed E-state index contributed by atoms with van der Waals surface area (Å²) < 4.78 is 28.2. The molecule has 0 unspecified atom stereocenters. The second-order valence-electron chi connectivity index (χ2n) is 11.4. The first kappa shape index (κ1) is 29.4. The van der Waals surface area contributed by atoms with Gasteiger partial charge in [0.1, 0.15) is 11.9 Å². The molecule has 3 N–H and O–H groups in total. The predicted molar refractivity (Wildman–Crippen MR) is 162 cm³/mol. The van der Waals surface area contributed by atoms with Crippen LogP contribution in [0.3, 0.4) is 0 Å². The number of ether oxygens (including phenoxy) is 5. The fourth-order valence-electron chi connectivity index (χ4n) is 5.51. The molecule has 44 heavy (non-hydrogen) atoms. The molecule has 0 spiro atoms. The lowest BCUT2D eigenvalue weighted by Crippen LogP contribution is -2.49. The van der Waals surface area contributed by atoms with E-state index in [9.17, 15) is 14.7 Å². The minimum atomic E-state index is -0.486. The van der Waals surface area contributed by atoms with Crippen LogP contribution in [0.5, 0.6) is 28.7 Å². The van der Waals surface area contributed by atoms with Crippen molar-refractivity contribution in [2.24, 2.45) is 5.92 Å². The first-order valence-corrected chi connectivity index (χ1v) is 14.5. The second-order valence-corrected chi connectivity index (χ2v) is 11.4.